The minimum atomic E-state index is -0.765. The monoisotopic (exact) mass is 1120 g/mol. The Kier molecular flexibility index (Phi) is 66.6. The van der Waals surface area contributed by atoms with Crippen LogP contribution in [0.2, 0.25) is 0 Å². The molecule has 0 aromatic heterocycles. The van der Waals surface area contributed by atoms with E-state index >= 15 is 0 Å². The summed E-state index contributed by atoms with van der Waals surface area (Å²) in [5, 5.41) is 0. The highest BCUT2D eigenvalue weighted by molar-refractivity contribution is 5.71. The molecule has 0 spiro atoms. The number of hydrogen-bond donors (Lipinski definition) is 0. The molecular formula is C74H136O6. The van der Waals surface area contributed by atoms with Crippen molar-refractivity contribution in [2.75, 3.05) is 13.2 Å². The molecule has 6 nitrogen and oxygen atoms in total. The van der Waals surface area contributed by atoms with Crippen LogP contribution in [0.15, 0.2) is 48.6 Å². The van der Waals surface area contributed by atoms with Gasteiger partial charge in [0.1, 0.15) is 13.2 Å². The number of carbonyl (C=O) groups excluding carboxylic acids is 3. The highest BCUT2D eigenvalue weighted by Gasteiger charge is 2.19. The van der Waals surface area contributed by atoms with Crippen LogP contribution in [-0.4, -0.2) is 37.2 Å². The molecule has 0 rings (SSSR count). The summed E-state index contributed by atoms with van der Waals surface area (Å²) in [5.74, 6) is -0.843. The summed E-state index contributed by atoms with van der Waals surface area (Å²) in [6.45, 7) is 6.55. The summed E-state index contributed by atoms with van der Waals surface area (Å²) in [6.07, 6.45) is 87.6. The number of unbranched alkanes of at least 4 members (excludes halogenated alkanes) is 47. The van der Waals surface area contributed by atoms with Crippen molar-refractivity contribution in [3.8, 4) is 0 Å². The van der Waals surface area contributed by atoms with Gasteiger partial charge in [-0.2, -0.15) is 0 Å². The molecule has 0 radical (unpaired) electrons. The first-order chi connectivity index (χ1) is 39.5. The Morgan fingerprint density at radius 1 is 0.263 bits per heavy atom. The molecule has 0 amide bonds. The van der Waals surface area contributed by atoms with Crippen molar-refractivity contribution in [2.24, 2.45) is 0 Å². The van der Waals surface area contributed by atoms with Crippen LogP contribution in [-0.2, 0) is 28.6 Å². The standard InChI is InChI=1S/C74H136O6/c1-4-7-10-13-16-18-20-22-24-26-28-30-31-32-33-34-35-36-37-38-39-40-41-42-43-44-46-47-49-51-53-55-58-61-64-67-73(76)79-70-71(69-78-72(75)66-63-60-57-15-12-9-6-3)80-74(77)68-65-62-59-56-54-52-50-48-45-29-27-25-23-21-19-17-14-11-8-5-2/h7,10,16,18,22,24,28,30,71H,4-6,8-9,11-15,17,19-21,23,25-27,29,31-70H2,1-3H3/b10-7-,18-16-,24-22-,30-28-. The van der Waals surface area contributed by atoms with Gasteiger partial charge in [-0.3, -0.25) is 14.4 Å². The molecule has 80 heavy (non-hydrogen) atoms. The van der Waals surface area contributed by atoms with Crippen LogP contribution in [0.5, 0.6) is 0 Å². The van der Waals surface area contributed by atoms with Crippen molar-refractivity contribution in [3.63, 3.8) is 0 Å². The first kappa shape index (κ1) is 77.4. The Labute approximate surface area is 498 Å². The minimum Gasteiger partial charge on any atom is -0.462 e. The van der Waals surface area contributed by atoms with Gasteiger partial charge in [0.25, 0.3) is 0 Å². The topological polar surface area (TPSA) is 78.9 Å². The van der Waals surface area contributed by atoms with Crippen molar-refractivity contribution in [1.29, 1.82) is 0 Å². The third-order valence-electron chi connectivity index (χ3n) is 16.1. The Morgan fingerprint density at radius 2 is 0.487 bits per heavy atom. The third-order valence-corrected chi connectivity index (χ3v) is 16.1. The normalized spacial score (nSPS) is 12.3. The Bertz CT molecular complexity index is 1380. The fourth-order valence-electron chi connectivity index (χ4n) is 10.8. The van der Waals surface area contributed by atoms with Gasteiger partial charge in [-0.25, -0.2) is 0 Å². The first-order valence-electron chi connectivity index (χ1n) is 35.6. The lowest BCUT2D eigenvalue weighted by Gasteiger charge is -2.18. The van der Waals surface area contributed by atoms with E-state index in [1.165, 1.54) is 263 Å². The Balaban J connectivity index is 3.94. The Hall–Kier alpha value is -2.63. The second-order valence-electron chi connectivity index (χ2n) is 24.1. The third kappa shape index (κ3) is 66.2. The maximum Gasteiger partial charge on any atom is 0.306 e. The van der Waals surface area contributed by atoms with E-state index in [2.05, 4.69) is 69.4 Å². The van der Waals surface area contributed by atoms with E-state index in [4.69, 9.17) is 14.2 Å². The zero-order valence-electron chi connectivity index (χ0n) is 53.9. The lowest BCUT2D eigenvalue weighted by molar-refractivity contribution is -0.167. The molecule has 0 saturated heterocycles. The minimum absolute atomic E-state index is 0.0651. The summed E-state index contributed by atoms with van der Waals surface area (Å²) in [4.78, 5) is 38.2. The molecule has 0 heterocycles. The van der Waals surface area contributed by atoms with Crippen LogP contribution in [0.4, 0.5) is 0 Å². The number of ether oxygens (including phenoxy) is 3. The van der Waals surface area contributed by atoms with E-state index in [1.807, 2.05) is 0 Å². The molecule has 0 aromatic carbocycles. The molecule has 0 aliphatic heterocycles. The number of rotatable bonds is 66. The van der Waals surface area contributed by atoms with Crippen LogP contribution in [0.1, 0.15) is 387 Å². The summed E-state index contributed by atoms with van der Waals surface area (Å²) in [7, 11) is 0. The summed E-state index contributed by atoms with van der Waals surface area (Å²) < 4.78 is 16.9. The predicted octanol–water partition coefficient (Wildman–Crippen LogP) is 24.5. The average Bonchev–Trinajstić information content (AvgIpc) is 3.46. The van der Waals surface area contributed by atoms with E-state index in [0.717, 1.165) is 83.5 Å². The molecule has 0 aromatic rings. The molecule has 1 unspecified atom stereocenters. The van der Waals surface area contributed by atoms with Gasteiger partial charge in [0.05, 0.1) is 0 Å². The van der Waals surface area contributed by atoms with E-state index < -0.39 is 6.10 Å². The zero-order chi connectivity index (χ0) is 57.8. The van der Waals surface area contributed by atoms with Gasteiger partial charge in [-0.15, -0.1) is 0 Å². The first-order valence-corrected chi connectivity index (χ1v) is 35.6. The number of carbonyl (C=O) groups is 3. The molecular weight excluding hydrogens is 985 g/mol. The largest absolute Gasteiger partial charge is 0.462 e. The van der Waals surface area contributed by atoms with E-state index in [-0.39, 0.29) is 31.1 Å². The highest BCUT2D eigenvalue weighted by Crippen LogP contribution is 2.19. The zero-order valence-corrected chi connectivity index (χ0v) is 53.9. The average molecular weight is 1120 g/mol. The number of hydrogen-bond acceptors (Lipinski definition) is 6. The number of esters is 3. The van der Waals surface area contributed by atoms with Gasteiger partial charge in [-0.1, -0.05) is 358 Å². The summed E-state index contributed by atoms with van der Waals surface area (Å²) in [5.41, 5.74) is 0. The maximum absolute atomic E-state index is 12.9. The predicted molar refractivity (Wildman–Crippen MR) is 349 cm³/mol. The molecule has 6 heteroatoms. The molecule has 1 atom stereocenters. The van der Waals surface area contributed by atoms with Crippen LogP contribution >= 0.6 is 0 Å². The van der Waals surface area contributed by atoms with Crippen molar-refractivity contribution in [2.45, 2.75) is 393 Å². The van der Waals surface area contributed by atoms with Gasteiger partial charge in [0.15, 0.2) is 6.10 Å². The molecule has 0 bridgehead atoms. The van der Waals surface area contributed by atoms with E-state index in [9.17, 15) is 14.4 Å². The van der Waals surface area contributed by atoms with Crippen molar-refractivity contribution in [1.82, 2.24) is 0 Å². The smallest absolute Gasteiger partial charge is 0.306 e. The summed E-state index contributed by atoms with van der Waals surface area (Å²) in [6, 6.07) is 0. The molecule has 0 fully saturated rings. The molecule has 0 N–H and O–H groups in total. The van der Waals surface area contributed by atoms with Crippen molar-refractivity contribution in [3.05, 3.63) is 48.6 Å². The lowest BCUT2D eigenvalue weighted by Crippen LogP contribution is -2.30. The van der Waals surface area contributed by atoms with E-state index in [1.54, 1.807) is 0 Å². The fraction of sp³-hybridized carbons (Fsp3) is 0.851. The van der Waals surface area contributed by atoms with Crippen molar-refractivity contribution >= 4 is 17.9 Å². The molecule has 0 aliphatic rings. The quantitative estimate of drug-likeness (QED) is 0.0261. The SMILES string of the molecule is CC/C=C\C/C=C\C/C=C\C/C=C\CCCCCCCCCCCCCCCCCCCCCCCCC(=O)OCC(COC(=O)CCCCCCCCC)OC(=O)CCCCCCCCCCCCCCCCCCCCCC. The van der Waals surface area contributed by atoms with Gasteiger partial charge in [0.2, 0.25) is 0 Å². The second kappa shape index (κ2) is 68.9. The van der Waals surface area contributed by atoms with E-state index in [0.29, 0.717) is 19.3 Å². The lowest BCUT2D eigenvalue weighted by atomic mass is 10.0. The number of allylic oxidation sites excluding steroid dienone is 8. The molecule has 0 saturated carbocycles. The molecule has 0 aliphatic carbocycles. The highest BCUT2D eigenvalue weighted by atomic mass is 16.6. The van der Waals surface area contributed by atoms with Crippen LogP contribution < -0.4 is 0 Å². The Morgan fingerprint density at radius 3 is 0.762 bits per heavy atom. The molecule has 468 valence electrons. The van der Waals surface area contributed by atoms with Gasteiger partial charge in [-0.05, 0) is 57.8 Å². The van der Waals surface area contributed by atoms with Gasteiger partial charge in [0, 0.05) is 19.3 Å². The van der Waals surface area contributed by atoms with Crippen molar-refractivity contribution < 1.29 is 28.6 Å². The van der Waals surface area contributed by atoms with Crippen LogP contribution in [0.25, 0.3) is 0 Å². The van der Waals surface area contributed by atoms with Crippen LogP contribution in [0, 0.1) is 0 Å². The van der Waals surface area contributed by atoms with Crippen LogP contribution in [0.3, 0.4) is 0 Å². The summed E-state index contributed by atoms with van der Waals surface area (Å²) >= 11 is 0. The van der Waals surface area contributed by atoms with Gasteiger partial charge < -0.3 is 14.2 Å². The maximum atomic E-state index is 12.9. The fourth-order valence-corrected chi connectivity index (χ4v) is 10.8. The second-order valence-corrected chi connectivity index (χ2v) is 24.1. The van der Waals surface area contributed by atoms with Gasteiger partial charge >= 0.3 is 17.9 Å².